The van der Waals surface area contributed by atoms with E-state index in [1.165, 1.54) is 0 Å². The Kier molecular flexibility index (Phi) is 5.28. The number of nitrogens with one attached hydrogen (secondary N) is 2. The maximum absolute atomic E-state index is 12.1. The average molecular weight is 350 g/mol. The summed E-state index contributed by atoms with van der Waals surface area (Å²) in [7, 11) is 3.21. The number of hydrogen-bond acceptors (Lipinski definition) is 5. The van der Waals surface area contributed by atoms with Gasteiger partial charge < -0.3 is 9.47 Å². The van der Waals surface area contributed by atoms with Gasteiger partial charge in [0.15, 0.2) is 0 Å². The van der Waals surface area contributed by atoms with E-state index in [-0.39, 0.29) is 5.91 Å². The summed E-state index contributed by atoms with van der Waals surface area (Å²) in [6, 6.07) is 16.4. The third-order valence-corrected chi connectivity index (χ3v) is 3.70. The first-order valence-corrected chi connectivity index (χ1v) is 7.87. The van der Waals surface area contributed by atoms with Crippen molar-refractivity contribution in [3.05, 3.63) is 65.9 Å². The number of carbonyl (C=O) groups excluding carboxylic acids is 1. The van der Waals surface area contributed by atoms with Gasteiger partial charge in [0.05, 0.1) is 26.1 Å². The van der Waals surface area contributed by atoms with Crippen molar-refractivity contribution in [2.75, 3.05) is 14.2 Å². The Labute approximate surface area is 150 Å². The molecule has 7 heteroatoms. The number of aromatic amines is 1. The summed E-state index contributed by atoms with van der Waals surface area (Å²) in [4.78, 5) is 12.1. The maximum Gasteiger partial charge on any atom is 0.289 e. The van der Waals surface area contributed by atoms with Crippen LogP contribution in [0.1, 0.15) is 16.1 Å². The van der Waals surface area contributed by atoms with Gasteiger partial charge in [-0.1, -0.05) is 0 Å². The molecule has 2 aromatic carbocycles. The molecular weight excluding hydrogens is 332 g/mol. The fraction of sp³-hybridized carbons (Fsp3) is 0.105. The zero-order valence-electron chi connectivity index (χ0n) is 14.4. The first-order chi connectivity index (χ1) is 12.7. The highest BCUT2D eigenvalue weighted by Crippen LogP contribution is 2.21. The minimum atomic E-state index is -0.373. The number of benzene rings is 2. The lowest BCUT2D eigenvalue weighted by atomic mass is 10.1. The smallest absolute Gasteiger partial charge is 0.289 e. The normalized spacial score (nSPS) is 10.7. The Morgan fingerprint density at radius 3 is 2.27 bits per heavy atom. The molecule has 0 aliphatic rings. The van der Waals surface area contributed by atoms with Crippen LogP contribution in [0.5, 0.6) is 11.5 Å². The van der Waals surface area contributed by atoms with Gasteiger partial charge in [-0.05, 0) is 60.2 Å². The number of rotatable bonds is 6. The molecule has 0 bridgehead atoms. The molecule has 0 unspecified atom stereocenters. The molecule has 3 rings (SSSR count). The van der Waals surface area contributed by atoms with E-state index in [2.05, 4.69) is 20.7 Å². The van der Waals surface area contributed by atoms with Crippen LogP contribution in [0.2, 0.25) is 0 Å². The maximum atomic E-state index is 12.1. The van der Waals surface area contributed by atoms with E-state index in [0.29, 0.717) is 11.4 Å². The molecule has 0 saturated heterocycles. The molecule has 0 atom stereocenters. The minimum absolute atomic E-state index is 0.322. The Balaban J connectivity index is 1.62. The van der Waals surface area contributed by atoms with Crippen LogP contribution < -0.4 is 14.9 Å². The Bertz CT molecular complexity index is 899. The molecule has 0 radical (unpaired) electrons. The summed E-state index contributed by atoms with van der Waals surface area (Å²) in [5.41, 5.74) is 5.17. The van der Waals surface area contributed by atoms with Crippen LogP contribution in [0, 0.1) is 0 Å². The molecule has 0 spiro atoms. The monoisotopic (exact) mass is 350 g/mol. The predicted molar refractivity (Wildman–Crippen MR) is 98.6 cm³/mol. The van der Waals surface area contributed by atoms with Gasteiger partial charge in [-0.3, -0.25) is 9.89 Å². The molecule has 0 fully saturated rings. The fourth-order valence-corrected chi connectivity index (χ4v) is 2.26. The molecule has 0 aliphatic heterocycles. The second kappa shape index (κ2) is 7.98. The summed E-state index contributed by atoms with van der Waals surface area (Å²) < 4.78 is 10.2. The van der Waals surface area contributed by atoms with Gasteiger partial charge in [0.1, 0.15) is 17.2 Å². The van der Waals surface area contributed by atoms with E-state index in [1.807, 2.05) is 48.5 Å². The van der Waals surface area contributed by atoms with Gasteiger partial charge in [0.2, 0.25) is 0 Å². The highest BCUT2D eigenvalue weighted by atomic mass is 16.5. The Morgan fingerprint density at radius 1 is 1.04 bits per heavy atom. The second-order valence-electron chi connectivity index (χ2n) is 5.37. The van der Waals surface area contributed by atoms with Crippen molar-refractivity contribution < 1.29 is 14.3 Å². The molecule has 1 heterocycles. The number of hydrogen-bond donors (Lipinski definition) is 2. The van der Waals surface area contributed by atoms with Gasteiger partial charge in [-0.2, -0.15) is 10.2 Å². The van der Waals surface area contributed by atoms with Gasteiger partial charge in [-0.25, -0.2) is 5.43 Å². The first-order valence-electron chi connectivity index (χ1n) is 7.87. The molecule has 26 heavy (non-hydrogen) atoms. The average Bonchev–Trinajstić information content (AvgIpc) is 3.19. The van der Waals surface area contributed by atoms with Crippen LogP contribution in [0.25, 0.3) is 11.3 Å². The highest BCUT2D eigenvalue weighted by Gasteiger charge is 2.10. The molecule has 132 valence electrons. The van der Waals surface area contributed by atoms with Gasteiger partial charge in [0.25, 0.3) is 5.91 Å². The number of amides is 1. The third-order valence-electron chi connectivity index (χ3n) is 3.70. The van der Waals surface area contributed by atoms with E-state index < -0.39 is 0 Å². The van der Waals surface area contributed by atoms with E-state index >= 15 is 0 Å². The quantitative estimate of drug-likeness (QED) is 0.528. The van der Waals surface area contributed by atoms with Crippen molar-refractivity contribution in [1.82, 2.24) is 15.6 Å². The summed E-state index contributed by atoms with van der Waals surface area (Å²) >= 11 is 0. The van der Waals surface area contributed by atoms with Crippen LogP contribution in [-0.4, -0.2) is 36.5 Å². The SMILES string of the molecule is COc1ccc(/C=N/NC(=O)c2cc(-c3ccc(OC)cc3)n[nH]2)cc1. The molecular formula is C19H18N4O3. The second-order valence-corrected chi connectivity index (χ2v) is 5.37. The molecule has 1 aromatic heterocycles. The van der Waals surface area contributed by atoms with Crippen molar-refractivity contribution in [2.45, 2.75) is 0 Å². The fourth-order valence-electron chi connectivity index (χ4n) is 2.26. The lowest BCUT2D eigenvalue weighted by Crippen LogP contribution is -2.17. The van der Waals surface area contributed by atoms with Gasteiger partial charge in [-0.15, -0.1) is 0 Å². The standard InChI is InChI=1S/C19H18N4O3/c1-25-15-7-3-13(4-8-15)12-20-23-19(24)18-11-17(21-22-18)14-5-9-16(26-2)10-6-14/h3-12H,1-2H3,(H,21,22)(H,23,24)/b20-12+. The lowest BCUT2D eigenvalue weighted by Gasteiger charge is -2.00. The van der Waals surface area contributed by atoms with Crippen LogP contribution in [0.4, 0.5) is 0 Å². The molecule has 1 amide bonds. The van der Waals surface area contributed by atoms with Crippen molar-refractivity contribution >= 4 is 12.1 Å². The summed E-state index contributed by atoms with van der Waals surface area (Å²) in [6.07, 6.45) is 1.55. The van der Waals surface area contributed by atoms with Crippen LogP contribution in [-0.2, 0) is 0 Å². The molecule has 7 nitrogen and oxygen atoms in total. The molecule has 0 saturated carbocycles. The van der Waals surface area contributed by atoms with Gasteiger partial charge >= 0.3 is 0 Å². The highest BCUT2D eigenvalue weighted by molar-refractivity contribution is 5.94. The number of H-pyrrole nitrogens is 1. The zero-order chi connectivity index (χ0) is 18.4. The van der Waals surface area contributed by atoms with E-state index in [9.17, 15) is 4.79 Å². The largest absolute Gasteiger partial charge is 0.497 e. The van der Waals surface area contributed by atoms with E-state index in [4.69, 9.17) is 9.47 Å². The van der Waals surface area contributed by atoms with Crippen molar-refractivity contribution in [3.63, 3.8) is 0 Å². The number of nitrogens with zero attached hydrogens (tertiary/aromatic N) is 2. The summed E-state index contributed by atoms with van der Waals surface area (Å²) in [5.74, 6) is 1.15. The minimum Gasteiger partial charge on any atom is -0.497 e. The predicted octanol–water partition coefficient (Wildman–Crippen LogP) is 2.86. The van der Waals surface area contributed by atoms with Gasteiger partial charge in [0, 0.05) is 5.56 Å². The number of hydrazone groups is 1. The van der Waals surface area contributed by atoms with Crippen molar-refractivity contribution in [1.29, 1.82) is 0 Å². The first kappa shape index (κ1) is 17.2. The van der Waals surface area contributed by atoms with Crippen molar-refractivity contribution in [2.24, 2.45) is 5.10 Å². The van der Waals surface area contributed by atoms with Crippen LogP contribution >= 0.6 is 0 Å². The number of methoxy groups -OCH3 is 2. The molecule has 3 aromatic rings. The Morgan fingerprint density at radius 2 is 1.65 bits per heavy atom. The van der Waals surface area contributed by atoms with E-state index in [0.717, 1.165) is 22.6 Å². The summed E-state index contributed by atoms with van der Waals surface area (Å²) in [6.45, 7) is 0. The third kappa shape index (κ3) is 4.07. The summed E-state index contributed by atoms with van der Waals surface area (Å²) in [5, 5.41) is 10.8. The Hall–Kier alpha value is -3.61. The molecule has 2 N–H and O–H groups in total. The topological polar surface area (TPSA) is 88.6 Å². The lowest BCUT2D eigenvalue weighted by molar-refractivity contribution is 0.0950. The molecule has 0 aliphatic carbocycles. The van der Waals surface area contributed by atoms with E-state index in [1.54, 1.807) is 26.5 Å². The van der Waals surface area contributed by atoms with Crippen LogP contribution in [0.3, 0.4) is 0 Å². The number of carbonyl (C=O) groups is 1. The number of aromatic nitrogens is 2. The van der Waals surface area contributed by atoms with Crippen molar-refractivity contribution in [3.8, 4) is 22.8 Å². The van der Waals surface area contributed by atoms with Crippen LogP contribution in [0.15, 0.2) is 59.7 Å². The zero-order valence-corrected chi connectivity index (χ0v) is 14.4. The number of ether oxygens (including phenoxy) is 2.